The molecule has 21 heavy (non-hydrogen) atoms. The van der Waals surface area contributed by atoms with Crippen molar-refractivity contribution in [2.24, 2.45) is 0 Å². The van der Waals surface area contributed by atoms with Gasteiger partial charge in [-0.05, 0) is 26.3 Å². The summed E-state index contributed by atoms with van der Waals surface area (Å²) in [5.74, 6) is 0.583. The summed E-state index contributed by atoms with van der Waals surface area (Å²) in [5.41, 5.74) is 0.638. The number of para-hydroxylation sites is 1. The van der Waals surface area contributed by atoms with E-state index in [2.05, 4.69) is 5.32 Å². The highest BCUT2D eigenvalue weighted by molar-refractivity contribution is 6.00. The largest absolute Gasteiger partial charge is 0.486 e. The number of benzene rings is 1. The summed E-state index contributed by atoms with van der Waals surface area (Å²) in [7, 11) is 1.54. The number of rotatable bonds is 2. The Morgan fingerprint density at radius 3 is 2.76 bits per heavy atom. The van der Waals surface area contributed by atoms with Gasteiger partial charge in [0.1, 0.15) is 11.4 Å². The lowest BCUT2D eigenvalue weighted by atomic mass is 9.92. The topological polar surface area (TPSA) is 58.6 Å². The molecule has 0 bridgehead atoms. The van der Waals surface area contributed by atoms with Gasteiger partial charge >= 0.3 is 0 Å². The number of likely N-dealkylation sites (N-methyl/N-ethyl adjacent to an activating group) is 1. The highest BCUT2D eigenvalue weighted by Crippen LogP contribution is 2.43. The molecule has 5 heteroatoms. The molecule has 0 radical (unpaired) electrons. The Morgan fingerprint density at radius 1 is 1.29 bits per heavy atom. The van der Waals surface area contributed by atoms with Gasteiger partial charge in [-0.1, -0.05) is 18.2 Å². The predicted molar refractivity (Wildman–Crippen MR) is 77.8 cm³/mol. The molecule has 2 amide bonds. The summed E-state index contributed by atoms with van der Waals surface area (Å²) in [6.45, 7) is 4.01. The second-order valence-corrected chi connectivity index (χ2v) is 6.23. The molecule has 1 N–H and O–H groups in total. The first-order chi connectivity index (χ1) is 9.90. The van der Waals surface area contributed by atoms with Crippen LogP contribution in [0.5, 0.6) is 5.75 Å². The molecule has 2 aliphatic rings. The summed E-state index contributed by atoms with van der Waals surface area (Å²) in [6, 6.07) is 7.46. The number of fused-ring (bicyclic) bond motifs is 1. The van der Waals surface area contributed by atoms with Crippen molar-refractivity contribution >= 4 is 11.8 Å². The van der Waals surface area contributed by atoms with Crippen molar-refractivity contribution in [2.75, 3.05) is 7.05 Å². The van der Waals surface area contributed by atoms with Crippen molar-refractivity contribution in [1.29, 1.82) is 0 Å². The highest BCUT2D eigenvalue weighted by Gasteiger charge is 2.44. The van der Waals surface area contributed by atoms with Gasteiger partial charge in [-0.3, -0.25) is 19.8 Å². The number of likely N-dealkylation sites (tertiary alicyclic amines) is 1. The number of imide groups is 1. The van der Waals surface area contributed by atoms with Crippen LogP contribution in [0.2, 0.25) is 0 Å². The Hall–Kier alpha value is -1.88. The van der Waals surface area contributed by atoms with Crippen LogP contribution in [-0.4, -0.2) is 35.4 Å². The molecule has 1 saturated heterocycles. The van der Waals surface area contributed by atoms with Crippen LogP contribution in [0.15, 0.2) is 24.3 Å². The van der Waals surface area contributed by atoms with Gasteiger partial charge in [0.15, 0.2) is 0 Å². The first-order valence-electron chi connectivity index (χ1n) is 7.24. The Bertz CT molecular complexity index is 597. The number of nitrogens with one attached hydrogen (secondary N) is 1. The summed E-state index contributed by atoms with van der Waals surface area (Å²) in [4.78, 5) is 25.0. The molecule has 2 aliphatic heterocycles. The van der Waals surface area contributed by atoms with Gasteiger partial charge in [0, 0.05) is 19.0 Å². The Labute approximate surface area is 124 Å². The number of piperidine rings is 1. The molecule has 2 unspecified atom stereocenters. The maximum absolute atomic E-state index is 12.2. The predicted octanol–water partition coefficient (Wildman–Crippen LogP) is 1.64. The molecule has 2 atom stereocenters. The number of hydrogen-bond donors (Lipinski definition) is 1. The van der Waals surface area contributed by atoms with Crippen molar-refractivity contribution in [1.82, 2.24) is 10.2 Å². The van der Waals surface area contributed by atoms with E-state index in [0.717, 1.165) is 11.3 Å². The quantitative estimate of drug-likeness (QED) is 0.840. The van der Waals surface area contributed by atoms with Crippen LogP contribution in [-0.2, 0) is 9.59 Å². The van der Waals surface area contributed by atoms with Crippen LogP contribution in [0, 0.1) is 0 Å². The van der Waals surface area contributed by atoms with Gasteiger partial charge in [0.25, 0.3) is 0 Å². The molecule has 0 aliphatic carbocycles. The van der Waals surface area contributed by atoms with Crippen molar-refractivity contribution in [3.63, 3.8) is 0 Å². The van der Waals surface area contributed by atoms with E-state index in [1.165, 1.54) is 4.90 Å². The molecular formula is C16H20N2O3. The molecule has 1 aromatic rings. The van der Waals surface area contributed by atoms with E-state index < -0.39 is 5.60 Å². The fourth-order valence-corrected chi connectivity index (χ4v) is 3.09. The molecule has 0 spiro atoms. The lowest BCUT2D eigenvalue weighted by molar-refractivity contribution is -0.148. The van der Waals surface area contributed by atoms with Crippen LogP contribution in [0.1, 0.15) is 38.3 Å². The van der Waals surface area contributed by atoms with Crippen molar-refractivity contribution in [3.05, 3.63) is 29.8 Å². The van der Waals surface area contributed by atoms with Crippen LogP contribution in [0.4, 0.5) is 0 Å². The van der Waals surface area contributed by atoms with E-state index in [1.54, 1.807) is 7.05 Å². The van der Waals surface area contributed by atoms with E-state index in [9.17, 15) is 9.59 Å². The van der Waals surface area contributed by atoms with Crippen molar-refractivity contribution in [2.45, 2.75) is 44.4 Å². The Kier molecular flexibility index (Phi) is 3.24. The minimum atomic E-state index is -0.427. The third kappa shape index (κ3) is 2.31. The Balaban J connectivity index is 1.84. The minimum absolute atomic E-state index is 0.0655. The van der Waals surface area contributed by atoms with Gasteiger partial charge in [0.2, 0.25) is 11.8 Å². The van der Waals surface area contributed by atoms with E-state index in [4.69, 9.17) is 4.74 Å². The third-order valence-electron chi connectivity index (χ3n) is 4.32. The molecule has 5 nitrogen and oxygen atoms in total. The van der Waals surface area contributed by atoms with E-state index in [0.29, 0.717) is 12.8 Å². The van der Waals surface area contributed by atoms with Gasteiger partial charge in [-0.15, -0.1) is 0 Å². The second-order valence-electron chi connectivity index (χ2n) is 6.23. The smallest absolute Gasteiger partial charge is 0.246 e. The number of ether oxygens (including phenoxy) is 1. The zero-order chi connectivity index (χ0) is 15.2. The lowest BCUT2D eigenvalue weighted by Gasteiger charge is -2.34. The Morgan fingerprint density at radius 2 is 2.00 bits per heavy atom. The minimum Gasteiger partial charge on any atom is -0.486 e. The van der Waals surface area contributed by atoms with Gasteiger partial charge in [0.05, 0.1) is 12.1 Å². The molecule has 0 aromatic heterocycles. The average Bonchev–Trinajstić information content (AvgIpc) is 2.70. The van der Waals surface area contributed by atoms with E-state index >= 15 is 0 Å². The second kappa shape index (κ2) is 4.84. The first kappa shape index (κ1) is 14.1. The van der Waals surface area contributed by atoms with Crippen LogP contribution >= 0.6 is 0 Å². The number of carbonyl (C=O) groups excluding carboxylic acids is 2. The van der Waals surface area contributed by atoms with Gasteiger partial charge < -0.3 is 4.74 Å². The molecule has 0 saturated carbocycles. The molecular weight excluding hydrogens is 268 g/mol. The number of hydrogen-bond acceptors (Lipinski definition) is 4. The molecule has 1 aromatic carbocycles. The third-order valence-corrected chi connectivity index (χ3v) is 4.32. The van der Waals surface area contributed by atoms with Crippen LogP contribution in [0.25, 0.3) is 0 Å². The first-order valence-corrected chi connectivity index (χ1v) is 7.24. The monoisotopic (exact) mass is 288 g/mol. The molecule has 2 heterocycles. The number of nitrogens with zero attached hydrogens (tertiary/aromatic N) is 1. The van der Waals surface area contributed by atoms with Crippen LogP contribution < -0.4 is 10.1 Å². The summed E-state index contributed by atoms with van der Waals surface area (Å²) in [6.07, 6.45) is 0.937. The lowest BCUT2D eigenvalue weighted by Crippen LogP contribution is -2.54. The molecule has 112 valence electrons. The normalized spacial score (nSPS) is 27.5. The van der Waals surface area contributed by atoms with Gasteiger partial charge in [-0.2, -0.15) is 0 Å². The number of carbonyl (C=O) groups is 2. The highest BCUT2D eigenvalue weighted by atomic mass is 16.5. The maximum atomic E-state index is 12.2. The fraction of sp³-hybridized carbons (Fsp3) is 0.500. The average molecular weight is 288 g/mol. The fourth-order valence-electron chi connectivity index (χ4n) is 3.09. The molecule has 3 rings (SSSR count). The number of amides is 2. The summed E-state index contributed by atoms with van der Waals surface area (Å²) >= 11 is 0. The van der Waals surface area contributed by atoms with Crippen molar-refractivity contribution in [3.8, 4) is 5.75 Å². The van der Waals surface area contributed by atoms with E-state index in [1.807, 2.05) is 38.1 Å². The summed E-state index contributed by atoms with van der Waals surface area (Å²) < 4.78 is 5.98. The molecule has 1 fully saturated rings. The van der Waals surface area contributed by atoms with Gasteiger partial charge in [-0.25, -0.2) is 0 Å². The zero-order valence-corrected chi connectivity index (χ0v) is 12.6. The summed E-state index contributed by atoms with van der Waals surface area (Å²) in [5, 5.41) is 3.40. The maximum Gasteiger partial charge on any atom is 0.246 e. The zero-order valence-electron chi connectivity index (χ0n) is 12.6. The van der Waals surface area contributed by atoms with Crippen molar-refractivity contribution < 1.29 is 14.3 Å². The standard InChI is InChI=1S/C16H20N2O3/c1-16(2)14(10-6-4-5-7-12(10)21-16)17-11-8-9-13(19)18(3)15(11)20/h4-7,11,14,17H,8-9H2,1-3H3. The SMILES string of the molecule is CN1C(=O)CCC(NC2c3ccccc3OC2(C)C)C1=O. The van der Waals surface area contributed by atoms with E-state index in [-0.39, 0.29) is 23.9 Å². The van der Waals surface area contributed by atoms with Crippen LogP contribution in [0.3, 0.4) is 0 Å².